The molecule has 3 rings (SSSR count). The molecule has 0 fully saturated rings. The summed E-state index contributed by atoms with van der Waals surface area (Å²) >= 11 is 8.78. The van der Waals surface area contributed by atoms with E-state index in [2.05, 4.69) is 15.0 Å². The van der Waals surface area contributed by atoms with Crippen LogP contribution >= 0.6 is 34.7 Å². The average molecular weight is 314 g/mol. The van der Waals surface area contributed by atoms with Crippen molar-refractivity contribution in [3.63, 3.8) is 0 Å². The van der Waals surface area contributed by atoms with E-state index in [1.807, 2.05) is 11.6 Å². The molecule has 3 aromatic rings. The number of aromatic nitrogens is 4. The number of amides is 1. The molecule has 19 heavy (non-hydrogen) atoms. The van der Waals surface area contributed by atoms with Crippen molar-refractivity contribution in [2.45, 2.75) is 4.34 Å². The van der Waals surface area contributed by atoms with Crippen molar-refractivity contribution in [3.05, 3.63) is 11.5 Å². The summed E-state index contributed by atoms with van der Waals surface area (Å²) in [6.45, 7) is 0. The van der Waals surface area contributed by atoms with Crippen LogP contribution in [0.4, 0.5) is 0 Å². The first kappa shape index (κ1) is 12.6. The van der Waals surface area contributed by atoms with Crippen LogP contribution in [0.25, 0.3) is 21.4 Å². The first-order valence-corrected chi connectivity index (χ1v) is 7.42. The van der Waals surface area contributed by atoms with Crippen LogP contribution in [0.3, 0.4) is 0 Å². The Hall–Kier alpha value is -1.38. The predicted octanol–water partition coefficient (Wildman–Crippen LogP) is 1.81. The Kier molecular flexibility index (Phi) is 3.08. The summed E-state index contributed by atoms with van der Waals surface area (Å²) in [5.41, 5.74) is 7.35. The lowest BCUT2D eigenvalue weighted by atomic mass is 10.4. The number of pyridine rings is 1. The molecule has 1 amide bonds. The molecular weight excluding hydrogens is 306 g/mol. The minimum Gasteiger partial charge on any atom is -0.369 e. The Morgan fingerprint density at radius 1 is 1.53 bits per heavy atom. The number of nitrogens with zero attached hydrogens (tertiary/aromatic N) is 4. The quantitative estimate of drug-likeness (QED) is 0.588. The smallest absolute Gasteiger partial charge is 0.227 e. The molecule has 9 heteroatoms. The highest BCUT2D eigenvalue weighted by Gasteiger charge is 2.16. The van der Waals surface area contributed by atoms with Gasteiger partial charge in [0, 0.05) is 7.05 Å². The summed E-state index contributed by atoms with van der Waals surface area (Å²) in [7, 11) is 1.88. The number of hydrogen-bond donors (Lipinski definition) is 1. The number of carbonyl (C=O) groups excluding carboxylic acids is 1. The molecule has 0 aliphatic carbocycles. The average Bonchev–Trinajstić information content (AvgIpc) is 2.90. The van der Waals surface area contributed by atoms with Gasteiger partial charge in [-0.05, 0) is 0 Å². The third-order valence-electron chi connectivity index (χ3n) is 2.48. The summed E-state index contributed by atoms with van der Waals surface area (Å²) in [5.74, 6) is -0.178. The van der Waals surface area contributed by atoms with Crippen LogP contribution in [0.2, 0.25) is 5.15 Å². The van der Waals surface area contributed by atoms with Gasteiger partial charge in [-0.3, -0.25) is 4.79 Å². The molecule has 98 valence electrons. The van der Waals surface area contributed by atoms with Crippen molar-refractivity contribution in [1.82, 2.24) is 19.5 Å². The SMILES string of the molecule is Cn1cnc2c(Cl)nc3sc(SCC(N)=O)nc3c21. The molecule has 6 nitrogen and oxygen atoms in total. The fraction of sp³-hybridized carbons (Fsp3) is 0.200. The molecule has 0 aromatic carbocycles. The number of thioether (sulfide) groups is 1. The molecule has 2 N–H and O–H groups in total. The van der Waals surface area contributed by atoms with Gasteiger partial charge in [-0.2, -0.15) is 0 Å². The van der Waals surface area contributed by atoms with E-state index in [1.54, 1.807) is 6.33 Å². The Bertz CT molecular complexity index is 796. The Morgan fingerprint density at radius 2 is 2.32 bits per heavy atom. The molecule has 0 saturated carbocycles. The van der Waals surface area contributed by atoms with Gasteiger partial charge in [0.2, 0.25) is 5.91 Å². The Balaban J connectivity index is 2.19. The zero-order valence-corrected chi connectivity index (χ0v) is 12.1. The van der Waals surface area contributed by atoms with Gasteiger partial charge in [-0.15, -0.1) is 0 Å². The van der Waals surface area contributed by atoms with Crippen molar-refractivity contribution in [2.24, 2.45) is 12.8 Å². The molecular formula is C10H8ClN5OS2. The summed E-state index contributed by atoms with van der Waals surface area (Å²) in [6, 6.07) is 0. The monoisotopic (exact) mass is 313 g/mol. The Morgan fingerprint density at radius 3 is 3.05 bits per heavy atom. The predicted molar refractivity (Wildman–Crippen MR) is 76.6 cm³/mol. The molecule has 0 spiro atoms. The van der Waals surface area contributed by atoms with Crippen LogP contribution in [0.1, 0.15) is 0 Å². The van der Waals surface area contributed by atoms with Crippen molar-refractivity contribution < 1.29 is 4.79 Å². The van der Waals surface area contributed by atoms with E-state index >= 15 is 0 Å². The molecule has 0 aliphatic rings. The van der Waals surface area contributed by atoms with Crippen molar-refractivity contribution >= 4 is 62.0 Å². The number of hydrogen-bond acceptors (Lipinski definition) is 6. The molecule has 0 bridgehead atoms. The van der Waals surface area contributed by atoms with E-state index in [9.17, 15) is 4.79 Å². The fourth-order valence-electron chi connectivity index (χ4n) is 1.72. The first-order valence-electron chi connectivity index (χ1n) is 5.24. The summed E-state index contributed by atoms with van der Waals surface area (Å²) in [4.78, 5) is 24.5. The second kappa shape index (κ2) is 4.62. The largest absolute Gasteiger partial charge is 0.369 e. The lowest BCUT2D eigenvalue weighted by Gasteiger charge is -1.96. The first-order chi connectivity index (χ1) is 9.06. The number of fused-ring (bicyclic) bond motifs is 3. The lowest BCUT2D eigenvalue weighted by molar-refractivity contribution is -0.115. The van der Waals surface area contributed by atoms with Gasteiger partial charge in [0.25, 0.3) is 0 Å². The third-order valence-corrected chi connectivity index (χ3v) is 4.86. The van der Waals surface area contributed by atoms with Gasteiger partial charge in [-0.25, -0.2) is 15.0 Å². The minimum absolute atomic E-state index is 0.197. The number of carbonyl (C=O) groups is 1. The van der Waals surface area contributed by atoms with Crippen LogP contribution in [-0.4, -0.2) is 31.2 Å². The number of halogens is 1. The van der Waals surface area contributed by atoms with Crippen molar-refractivity contribution in [2.75, 3.05) is 5.75 Å². The number of imidazole rings is 1. The summed E-state index contributed by atoms with van der Waals surface area (Å²) in [5, 5.41) is 0.359. The zero-order chi connectivity index (χ0) is 13.6. The highest BCUT2D eigenvalue weighted by Crippen LogP contribution is 2.34. The fourth-order valence-corrected chi connectivity index (χ4v) is 3.74. The maximum atomic E-state index is 10.8. The lowest BCUT2D eigenvalue weighted by Crippen LogP contribution is -2.12. The van der Waals surface area contributed by atoms with E-state index < -0.39 is 0 Å². The topological polar surface area (TPSA) is 86.7 Å². The highest BCUT2D eigenvalue weighted by atomic mass is 35.5. The van der Waals surface area contributed by atoms with Crippen LogP contribution in [0.5, 0.6) is 0 Å². The number of nitrogens with two attached hydrogens (primary N) is 1. The molecule has 3 aromatic heterocycles. The van der Waals surface area contributed by atoms with Crippen LogP contribution in [0.15, 0.2) is 10.7 Å². The number of rotatable bonds is 3. The number of aryl methyl sites for hydroxylation is 1. The van der Waals surface area contributed by atoms with Crippen LogP contribution in [-0.2, 0) is 11.8 Å². The van der Waals surface area contributed by atoms with Crippen LogP contribution in [0, 0.1) is 0 Å². The third kappa shape index (κ3) is 2.15. The maximum Gasteiger partial charge on any atom is 0.227 e. The van der Waals surface area contributed by atoms with E-state index in [0.29, 0.717) is 10.7 Å². The van der Waals surface area contributed by atoms with Gasteiger partial charge in [0.05, 0.1) is 12.1 Å². The van der Waals surface area contributed by atoms with Gasteiger partial charge in [0.15, 0.2) is 9.49 Å². The molecule has 3 heterocycles. The molecule has 0 saturated heterocycles. The van der Waals surface area contributed by atoms with Crippen molar-refractivity contribution in [1.29, 1.82) is 0 Å². The second-order valence-corrected chi connectivity index (χ2v) is 6.40. The molecule has 0 unspecified atom stereocenters. The number of thiazole rings is 1. The van der Waals surface area contributed by atoms with Crippen molar-refractivity contribution in [3.8, 4) is 0 Å². The Labute approximate surface area is 121 Å². The maximum absolute atomic E-state index is 10.8. The van der Waals surface area contributed by atoms with Gasteiger partial charge in [0.1, 0.15) is 21.4 Å². The standard InChI is InChI=1S/C10H8ClN5OS2/c1-16-3-13-5-7(16)6-9(15-8(5)11)19-10(14-6)18-2-4(12)17/h3H,2H2,1H3,(H2,12,17). The summed E-state index contributed by atoms with van der Waals surface area (Å²) < 4.78 is 2.60. The summed E-state index contributed by atoms with van der Waals surface area (Å²) in [6.07, 6.45) is 1.67. The van der Waals surface area contributed by atoms with E-state index in [-0.39, 0.29) is 11.7 Å². The normalized spacial score (nSPS) is 11.5. The van der Waals surface area contributed by atoms with Crippen LogP contribution < -0.4 is 5.73 Å². The zero-order valence-electron chi connectivity index (χ0n) is 9.75. The molecule has 0 atom stereocenters. The van der Waals surface area contributed by atoms with Gasteiger partial charge >= 0.3 is 0 Å². The highest BCUT2D eigenvalue weighted by molar-refractivity contribution is 8.01. The number of primary amides is 1. The second-order valence-electron chi connectivity index (χ2n) is 3.84. The van der Waals surface area contributed by atoms with Gasteiger partial charge < -0.3 is 10.3 Å². The molecule has 0 radical (unpaired) electrons. The van der Waals surface area contributed by atoms with E-state index in [1.165, 1.54) is 23.1 Å². The molecule has 0 aliphatic heterocycles. The van der Waals surface area contributed by atoms with E-state index in [0.717, 1.165) is 20.2 Å². The van der Waals surface area contributed by atoms with E-state index in [4.69, 9.17) is 17.3 Å². The minimum atomic E-state index is -0.374. The van der Waals surface area contributed by atoms with Gasteiger partial charge in [-0.1, -0.05) is 34.7 Å².